The van der Waals surface area contributed by atoms with E-state index in [1.807, 2.05) is 52.4 Å². The molecule has 2 aromatic heterocycles. The van der Waals surface area contributed by atoms with Crippen molar-refractivity contribution >= 4 is 40.9 Å². The third kappa shape index (κ3) is 4.39. The van der Waals surface area contributed by atoms with Gasteiger partial charge in [0.25, 0.3) is 5.91 Å². The van der Waals surface area contributed by atoms with E-state index in [0.717, 1.165) is 21.4 Å². The molecular weight excluding hydrogens is 448 g/mol. The van der Waals surface area contributed by atoms with E-state index in [1.54, 1.807) is 25.2 Å². The zero-order valence-electron chi connectivity index (χ0n) is 17.6. The molecule has 0 aliphatic carbocycles. The van der Waals surface area contributed by atoms with Gasteiger partial charge in [0, 0.05) is 17.0 Å². The lowest BCUT2D eigenvalue weighted by molar-refractivity contribution is -0.137. The molecule has 3 aromatic rings. The van der Waals surface area contributed by atoms with E-state index in [4.69, 9.17) is 0 Å². The Morgan fingerprint density at radius 2 is 1.97 bits per heavy atom. The third-order valence-electron chi connectivity index (χ3n) is 5.16. The fourth-order valence-corrected chi connectivity index (χ4v) is 4.69. The van der Waals surface area contributed by atoms with E-state index in [1.165, 1.54) is 11.8 Å². The number of imide groups is 1. The first-order chi connectivity index (χ1) is 15.4. The number of thiophene rings is 1. The second-order valence-electron chi connectivity index (χ2n) is 7.41. The van der Waals surface area contributed by atoms with Crippen LogP contribution in [0.3, 0.4) is 0 Å². The number of para-hydroxylation sites is 1. The van der Waals surface area contributed by atoms with Gasteiger partial charge in [0.05, 0.1) is 5.75 Å². The summed E-state index contributed by atoms with van der Waals surface area (Å²) in [6.45, 7) is 3.43. The zero-order valence-corrected chi connectivity index (χ0v) is 19.2. The fraction of sp³-hybridized carbons (Fsp3) is 0.286. The number of nitrogens with zero attached hydrogens (tertiary/aromatic N) is 4. The van der Waals surface area contributed by atoms with Crippen LogP contribution in [0.1, 0.15) is 31.0 Å². The van der Waals surface area contributed by atoms with Crippen molar-refractivity contribution in [3.63, 3.8) is 0 Å². The summed E-state index contributed by atoms with van der Waals surface area (Å²) < 4.78 is 1.92. The van der Waals surface area contributed by atoms with E-state index in [0.29, 0.717) is 18.0 Å². The number of benzene rings is 1. The molecule has 2 N–H and O–H groups in total. The van der Waals surface area contributed by atoms with Crippen molar-refractivity contribution in [2.45, 2.75) is 37.4 Å². The molecule has 1 saturated heterocycles. The Balaban J connectivity index is 1.48. The smallest absolute Gasteiger partial charge is 0.322 e. The van der Waals surface area contributed by atoms with Gasteiger partial charge in [0.2, 0.25) is 5.91 Å². The molecule has 1 fully saturated rings. The van der Waals surface area contributed by atoms with Crippen LogP contribution in [0.5, 0.6) is 0 Å². The summed E-state index contributed by atoms with van der Waals surface area (Å²) >= 11 is 2.83. The van der Waals surface area contributed by atoms with E-state index < -0.39 is 23.4 Å². The minimum absolute atomic E-state index is 0.0378. The fourth-order valence-electron chi connectivity index (χ4n) is 3.23. The van der Waals surface area contributed by atoms with Crippen molar-refractivity contribution < 1.29 is 14.4 Å². The second kappa shape index (κ2) is 9.13. The summed E-state index contributed by atoms with van der Waals surface area (Å²) in [5, 5.41) is 14.5. The molecule has 0 bridgehead atoms. The highest BCUT2D eigenvalue weighted by molar-refractivity contribution is 7.99. The predicted octanol–water partition coefficient (Wildman–Crippen LogP) is 2.76. The van der Waals surface area contributed by atoms with Gasteiger partial charge in [0.15, 0.2) is 5.16 Å². The van der Waals surface area contributed by atoms with Crippen LogP contribution < -0.4 is 10.7 Å². The van der Waals surface area contributed by atoms with E-state index in [2.05, 4.69) is 20.9 Å². The molecule has 1 aliphatic rings. The summed E-state index contributed by atoms with van der Waals surface area (Å²) in [6.07, 6.45) is 1.04. The largest absolute Gasteiger partial charge is 0.344 e. The van der Waals surface area contributed by atoms with E-state index in [9.17, 15) is 14.4 Å². The van der Waals surface area contributed by atoms with Crippen LogP contribution in [-0.2, 0) is 16.0 Å². The minimum Gasteiger partial charge on any atom is -0.322 e. The van der Waals surface area contributed by atoms with Crippen LogP contribution in [0.15, 0.2) is 53.0 Å². The Morgan fingerprint density at radius 3 is 2.62 bits per heavy atom. The second-order valence-corrected chi connectivity index (χ2v) is 9.38. The molecule has 4 rings (SSSR count). The Hall–Kier alpha value is -3.18. The summed E-state index contributed by atoms with van der Waals surface area (Å²) in [6, 6.07) is 13.1. The highest BCUT2D eigenvalue weighted by Crippen LogP contribution is 2.25. The molecule has 11 heteroatoms. The van der Waals surface area contributed by atoms with Crippen molar-refractivity contribution in [3.05, 3.63) is 58.5 Å². The SMILES string of the molecule is CCC1(C)NC(=O)N(NC(=O)CSc2nnc(Cc3cccs3)n2-c2ccccc2)C1=O. The third-order valence-corrected chi connectivity index (χ3v) is 6.97. The minimum atomic E-state index is -1.01. The molecule has 0 spiro atoms. The first-order valence-electron chi connectivity index (χ1n) is 10.0. The Labute approximate surface area is 193 Å². The van der Waals surface area contributed by atoms with Crippen LogP contribution >= 0.6 is 23.1 Å². The number of nitrogens with one attached hydrogen (secondary N) is 2. The molecule has 4 amide bonds. The Bertz CT molecular complexity index is 1130. The summed E-state index contributed by atoms with van der Waals surface area (Å²) in [5.41, 5.74) is 2.27. The van der Waals surface area contributed by atoms with Gasteiger partial charge in [-0.25, -0.2) is 4.79 Å². The van der Waals surface area contributed by atoms with E-state index in [-0.39, 0.29) is 5.75 Å². The molecule has 166 valence electrons. The van der Waals surface area contributed by atoms with Gasteiger partial charge in [-0.15, -0.1) is 21.5 Å². The predicted molar refractivity (Wildman–Crippen MR) is 121 cm³/mol. The van der Waals surface area contributed by atoms with Gasteiger partial charge in [-0.2, -0.15) is 5.01 Å². The highest BCUT2D eigenvalue weighted by Gasteiger charge is 2.47. The van der Waals surface area contributed by atoms with Gasteiger partial charge in [-0.1, -0.05) is 43.0 Å². The Morgan fingerprint density at radius 1 is 1.19 bits per heavy atom. The van der Waals surface area contributed by atoms with Crippen LogP contribution in [-0.4, -0.2) is 48.9 Å². The monoisotopic (exact) mass is 470 g/mol. The van der Waals surface area contributed by atoms with E-state index >= 15 is 0 Å². The van der Waals surface area contributed by atoms with Crippen LogP contribution in [0.2, 0.25) is 0 Å². The normalized spacial score (nSPS) is 18.1. The molecular formula is C21H22N6O3S2. The van der Waals surface area contributed by atoms with Crippen molar-refractivity contribution in [1.82, 2.24) is 30.5 Å². The van der Waals surface area contributed by atoms with Gasteiger partial charge in [-0.3, -0.25) is 19.6 Å². The zero-order chi connectivity index (χ0) is 22.7. The van der Waals surface area contributed by atoms with Crippen molar-refractivity contribution in [3.8, 4) is 5.69 Å². The van der Waals surface area contributed by atoms with Crippen LogP contribution in [0.25, 0.3) is 5.69 Å². The maximum Gasteiger partial charge on any atom is 0.344 e. The average Bonchev–Trinajstić information content (AvgIpc) is 3.50. The number of carbonyl (C=O) groups is 3. The van der Waals surface area contributed by atoms with Gasteiger partial charge >= 0.3 is 6.03 Å². The molecule has 0 saturated carbocycles. The quantitative estimate of drug-likeness (QED) is 0.387. The highest BCUT2D eigenvalue weighted by atomic mass is 32.2. The number of aromatic nitrogens is 3. The van der Waals surface area contributed by atoms with Gasteiger partial charge in [-0.05, 0) is 36.9 Å². The molecule has 1 aliphatic heterocycles. The number of amides is 4. The topological polar surface area (TPSA) is 109 Å². The van der Waals surface area contributed by atoms with Crippen molar-refractivity contribution in [2.75, 3.05) is 5.75 Å². The molecule has 3 heterocycles. The first-order valence-corrected chi connectivity index (χ1v) is 11.9. The van der Waals surface area contributed by atoms with Crippen molar-refractivity contribution in [1.29, 1.82) is 0 Å². The number of hydrazine groups is 1. The molecule has 32 heavy (non-hydrogen) atoms. The molecule has 0 radical (unpaired) electrons. The van der Waals surface area contributed by atoms with Crippen LogP contribution in [0.4, 0.5) is 4.79 Å². The van der Waals surface area contributed by atoms with Gasteiger partial charge in [0.1, 0.15) is 11.4 Å². The number of hydrogen-bond donors (Lipinski definition) is 2. The Kier molecular flexibility index (Phi) is 6.28. The lowest BCUT2D eigenvalue weighted by Gasteiger charge is -2.19. The molecule has 1 atom stereocenters. The number of rotatable bonds is 8. The van der Waals surface area contributed by atoms with Crippen LogP contribution in [0, 0.1) is 0 Å². The average molecular weight is 471 g/mol. The number of carbonyl (C=O) groups excluding carboxylic acids is 3. The maximum atomic E-state index is 12.5. The number of hydrogen-bond acceptors (Lipinski definition) is 7. The lowest BCUT2D eigenvalue weighted by Crippen LogP contribution is -2.49. The summed E-state index contributed by atoms with van der Waals surface area (Å²) in [4.78, 5) is 38.2. The summed E-state index contributed by atoms with van der Waals surface area (Å²) in [5.74, 6) is -0.242. The summed E-state index contributed by atoms with van der Waals surface area (Å²) in [7, 11) is 0. The molecule has 9 nitrogen and oxygen atoms in total. The number of thioether (sulfide) groups is 1. The standard InChI is InChI=1S/C21H22N6O3S2/c1-3-21(2)18(29)27(19(30)22-21)25-17(28)13-32-20-24-23-16(12-15-10-7-11-31-15)26(20)14-8-5-4-6-9-14/h4-11H,3,12-13H2,1-2H3,(H,22,30)(H,25,28). The van der Waals surface area contributed by atoms with Gasteiger partial charge < -0.3 is 5.32 Å². The first kappa shape index (κ1) is 22.0. The maximum absolute atomic E-state index is 12.5. The number of urea groups is 1. The lowest BCUT2D eigenvalue weighted by atomic mass is 10.00. The molecule has 1 aromatic carbocycles. The van der Waals surface area contributed by atoms with Crippen molar-refractivity contribution in [2.24, 2.45) is 0 Å². The molecule has 1 unspecified atom stereocenters.